The summed E-state index contributed by atoms with van der Waals surface area (Å²) in [7, 11) is 1.79. The first-order valence-corrected chi connectivity index (χ1v) is 9.89. The lowest BCUT2D eigenvalue weighted by Gasteiger charge is -2.20. The summed E-state index contributed by atoms with van der Waals surface area (Å²) in [6.45, 7) is 3.93. The number of hydrogen-bond acceptors (Lipinski definition) is 6. The van der Waals surface area contributed by atoms with Crippen LogP contribution in [0, 0.1) is 6.92 Å². The highest BCUT2D eigenvalue weighted by Crippen LogP contribution is 2.32. The number of hydrogen-bond donors (Lipinski definition) is 1. The van der Waals surface area contributed by atoms with E-state index in [2.05, 4.69) is 15.5 Å². The largest absolute Gasteiger partial charge is 0.330 e. The average Bonchev–Trinajstić information content (AvgIpc) is 3.10. The number of nitrogens with one attached hydrogen (secondary N) is 1. The van der Waals surface area contributed by atoms with Crippen LogP contribution in [0.2, 0.25) is 0 Å². The van der Waals surface area contributed by atoms with E-state index in [1.807, 2.05) is 68.4 Å². The Kier molecular flexibility index (Phi) is 5.90. The summed E-state index contributed by atoms with van der Waals surface area (Å²) in [5, 5.41) is 12.1. The molecule has 5 nitrogen and oxygen atoms in total. The van der Waals surface area contributed by atoms with Gasteiger partial charge in [-0.2, -0.15) is 0 Å². The van der Waals surface area contributed by atoms with Crippen molar-refractivity contribution in [2.75, 3.05) is 17.3 Å². The van der Waals surface area contributed by atoms with Crippen LogP contribution in [0.25, 0.3) is 0 Å². The second-order valence-electron chi connectivity index (χ2n) is 5.81. The first-order chi connectivity index (χ1) is 12.5. The van der Waals surface area contributed by atoms with Gasteiger partial charge in [0.25, 0.3) is 0 Å². The number of para-hydroxylation sites is 2. The molecule has 0 saturated carbocycles. The highest BCUT2D eigenvalue weighted by molar-refractivity contribution is 8.02. The Hall–Kier alpha value is -2.38. The smallest absolute Gasteiger partial charge is 0.240 e. The molecule has 134 valence electrons. The molecule has 0 aliphatic carbocycles. The van der Waals surface area contributed by atoms with E-state index in [4.69, 9.17) is 0 Å². The van der Waals surface area contributed by atoms with Gasteiger partial charge in [0.2, 0.25) is 11.0 Å². The molecule has 0 spiro atoms. The number of aromatic nitrogens is 2. The zero-order valence-electron chi connectivity index (χ0n) is 14.8. The molecule has 1 aromatic heterocycles. The zero-order valence-corrected chi connectivity index (χ0v) is 16.5. The van der Waals surface area contributed by atoms with E-state index >= 15 is 0 Å². The molecule has 0 aliphatic rings. The number of benzene rings is 2. The number of carbonyl (C=O) groups is 1. The fourth-order valence-electron chi connectivity index (χ4n) is 2.39. The van der Waals surface area contributed by atoms with Crippen molar-refractivity contribution in [1.29, 1.82) is 0 Å². The van der Waals surface area contributed by atoms with Crippen LogP contribution in [-0.4, -0.2) is 28.4 Å². The van der Waals surface area contributed by atoms with E-state index in [0.717, 1.165) is 26.4 Å². The molecule has 0 fully saturated rings. The summed E-state index contributed by atoms with van der Waals surface area (Å²) in [6.07, 6.45) is 0. The van der Waals surface area contributed by atoms with Gasteiger partial charge in [-0.15, -0.1) is 10.2 Å². The van der Waals surface area contributed by atoms with E-state index in [0.29, 0.717) is 0 Å². The predicted octanol–water partition coefficient (Wildman–Crippen LogP) is 4.73. The number of thioether (sulfide) groups is 1. The van der Waals surface area contributed by atoms with E-state index < -0.39 is 0 Å². The van der Waals surface area contributed by atoms with Crippen molar-refractivity contribution in [2.24, 2.45) is 0 Å². The topological polar surface area (TPSA) is 58.1 Å². The van der Waals surface area contributed by atoms with Crippen molar-refractivity contribution in [3.8, 4) is 0 Å². The SMILES string of the molecule is Cc1ccccc1Nc1nnc(SC(C)C(=O)N(C)c2ccccc2)s1. The van der Waals surface area contributed by atoms with Crippen LogP contribution in [0.15, 0.2) is 58.9 Å². The third-order valence-electron chi connectivity index (χ3n) is 3.89. The molecular formula is C19H20N4OS2. The first-order valence-electron chi connectivity index (χ1n) is 8.20. The van der Waals surface area contributed by atoms with Gasteiger partial charge >= 0.3 is 0 Å². The van der Waals surface area contributed by atoms with Gasteiger partial charge in [-0.3, -0.25) is 4.79 Å². The van der Waals surface area contributed by atoms with Crippen LogP contribution in [0.4, 0.5) is 16.5 Å². The number of aryl methyl sites for hydroxylation is 1. The van der Waals surface area contributed by atoms with Gasteiger partial charge in [0.15, 0.2) is 4.34 Å². The van der Waals surface area contributed by atoms with Gasteiger partial charge in [0.05, 0.1) is 5.25 Å². The van der Waals surface area contributed by atoms with Crippen molar-refractivity contribution in [3.63, 3.8) is 0 Å². The Morgan fingerprint density at radius 2 is 1.81 bits per heavy atom. The molecule has 1 heterocycles. The summed E-state index contributed by atoms with van der Waals surface area (Å²) >= 11 is 2.87. The Bertz CT molecular complexity index is 882. The molecule has 3 aromatic rings. The molecule has 2 aromatic carbocycles. The minimum atomic E-state index is -0.250. The standard InChI is InChI=1S/C19H20N4OS2/c1-13-9-7-8-12-16(13)20-18-21-22-19(26-18)25-14(2)17(24)23(3)15-10-5-4-6-11-15/h4-12,14H,1-3H3,(H,20,21). The lowest BCUT2D eigenvalue weighted by atomic mass is 10.2. The molecule has 1 N–H and O–H groups in total. The summed E-state index contributed by atoms with van der Waals surface area (Å²) in [6, 6.07) is 17.6. The summed E-state index contributed by atoms with van der Waals surface area (Å²) in [5.74, 6) is 0.0322. The van der Waals surface area contributed by atoms with Crippen LogP contribution >= 0.6 is 23.1 Å². The van der Waals surface area contributed by atoms with Crippen LogP contribution in [0.5, 0.6) is 0 Å². The Balaban J connectivity index is 1.63. The van der Waals surface area contributed by atoms with Gasteiger partial charge in [0, 0.05) is 18.4 Å². The number of nitrogens with zero attached hydrogens (tertiary/aromatic N) is 3. The van der Waals surface area contributed by atoms with Crippen molar-refractivity contribution >= 4 is 45.5 Å². The molecule has 0 aliphatic heterocycles. The van der Waals surface area contributed by atoms with E-state index in [1.165, 1.54) is 23.1 Å². The van der Waals surface area contributed by atoms with E-state index in [9.17, 15) is 4.79 Å². The maximum absolute atomic E-state index is 12.6. The molecule has 26 heavy (non-hydrogen) atoms. The Morgan fingerprint density at radius 3 is 2.54 bits per heavy atom. The molecular weight excluding hydrogens is 364 g/mol. The summed E-state index contributed by atoms with van der Waals surface area (Å²) < 4.78 is 0.767. The predicted molar refractivity (Wildman–Crippen MR) is 110 cm³/mol. The first kappa shape index (κ1) is 18.4. The Labute approximate surface area is 161 Å². The molecule has 0 radical (unpaired) electrons. The minimum Gasteiger partial charge on any atom is -0.330 e. The zero-order chi connectivity index (χ0) is 18.5. The van der Waals surface area contributed by atoms with Gasteiger partial charge in [-0.25, -0.2) is 0 Å². The Morgan fingerprint density at radius 1 is 1.12 bits per heavy atom. The number of amides is 1. The fraction of sp³-hybridized carbons (Fsp3) is 0.211. The summed E-state index contributed by atoms with van der Waals surface area (Å²) in [4.78, 5) is 14.3. The van der Waals surface area contributed by atoms with Gasteiger partial charge < -0.3 is 10.2 Å². The molecule has 1 atom stereocenters. The lowest BCUT2D eigenvalue weighted by Crippen LogP contribution is -2.33. The molecule has 0 saturated heterocycles. The second kappa shape index (κ2) is 8.33. The quantitative estimate of drug-likeness (QED) is 0.623. The molecule has 0 bridgehead atoms. The van der Waals surface area contributed by atoms with Gasteiger partial charge in [-0.1, -0.05) is 59.5 Å². The maximum Gasteiger partial charge on any atom is 0.240 e. The average molecular weight is 385 g/mol. The third kappa shape index (κ3) is 4.42. The number of anilines is 3. The van der Waals surface area contributed by atoms with Crippen LogP contribution in [0.3, 0.4) is 0 Å². The van der Waals surface area contributed by atoms with Gasteiger partial charge in [-0.05, 0) is 37.6 Å². The van der Waals surface area contributed by atoms with Crippen LogP contribution in [0.1, 0.15) is 12.5 Å². The van der Waals surface area contributed by atoms with Gasteiger partial charge in [0.1, 0.15) is 0 Å². The van der Waals surface area contributed by atoms with Crippen molar-refractivity contribution in [1.82, 2.24) is 10.2 Å². The third-order valence-corrected chi connectivity index (χ3v) is 5.90. The van der Waals surface area contributed by atoms with Crippen molar-refractivity contribution in [2.45, 2.75) is 23.4 Å². The van der Waals surface area contributed by atoms with E-state index in [-0.39, 0.29) is 11.2 Å². The highest BCUT2D eigenvalue weighted by atomic mass is 32.2. The fourth-order valence-corrected chi connectivity index (χ4v) is 4.39. The maximum atomic E-state index is 12.6. The minimum absolute atomic E-state index is 0.0322. The lowest BCUT2D eigenvalue weighted by molar-refractivity contribution is -0.117. The number of carbonyl (C=O) groups excluding carboxylic acids is 1. The molecule has 1 amide bonds. The normalized spacial score (nSPS) is 11.8. The molecule has 7 heteroatoms. The highest BCUT2D eigenvalue weighted by Gasteiger charge is 2.21. The van der Waals surface area contributed by atoms with Crippen molar-refractivity contribution in [3.05, 3.63) is 60.2 Å². The van der Waals surface area contributed by atoms with Crippen LogP contribution < -0.4 is 10.2 Å². The van der Waals surface area contributed by atoms with Crippen LogP contribution in [-0.2, 0) is 4.79 Å². The second-order valence-corrected chi connectivity index (χ2v) is 8.37. The van der Waals surface area contributed by atoms with Crippen molar-refractivity contribution < 1.29 is 4.79 Å². The molecule has 3 rings (SSSR count). The monoisotopic (exact) mass is 384 g/mol. The molecule has 1 unspecified atom stereocenters. The summed E-state index contributed by atoms with van der Waals surface area (Å²) in [5.41, 5.74) is 3.03. The van der Waals surface area contributed by atoms with E-state index in [1.54, 1.807) is 11.9 Å². The number of rotatable bonds is 6.